The molecule has 1 aromatic carbocycles. The predicted molar refractivity (Wildman–Crippen MR) is 117 cm³/mol. The van der Waals surface area contributed by atoms with Crippen LogP contribution in [-0.2, 0) is 14.3 Å². The fraction of sp³-hybridized carbons (Fsp3) is 0.417. The van der Waals surface area contributed by atoms with Crippen LogP contribution in [0.2, 0.25) is 0 Å². The van der Waals surface area contributed by atoms with Gasteiger partial charge in [0.15, 0.2) is 0 Å². The van der Waals surface area contributed by atoms with Crippen LogP contribution in [0.5, 0.6) is 0 Å². The monoisotopic (exact) mass is 438 g/mol. The SMILES string of the molecule is CO[C@@H]1C=C2C=C3C(=C(C)C(=O)N3C)C[C@]2(C)[C@@H](C)[C@H]1OC(=O)c1ccc([N+](=O)[O-])cc1. The van der Waals surface area contributed by atoms with Gasteiger partial charge in [0, 0.05) is 48.9 Å². The standard InChI is InChI=1S/C24H26N2O6/c1-13-18-12-24(3)14(2)21(32-23(28)15-6-8-17(9-7-15)26(29)30)20(31-5)11-16(24)10-19(18)25(4)22(13)27/h6-11,14,20-21H,12H2,1-5H3/t14-,20+,21+,24+/m0/s1. The number of nitrogens with zero attached hydrogens (tertiary/aromatic N) is 2. The Labute approximate surface area is 186 Å². The van der Waals surface area contributed by atoms with E-state index in [1.807, 2.05) is 26.0 Å². The molecule has 1 heterocycles. The van der Waals surface area contributed by atoms with Crippen molar-refractivity contribution in [1.29, 1.82) is 0 Å². The van der Waals surface area contributed by atoms with Gasteiger partial charge in [-0.3, -0.25) is 14.9 Å². The third-order valence-electron chi connectivity index (χ3n) is 7.24. The third-order valence-corrected chi connectivity index (χ3v) is 7.24. The normalized spacial score (nSPS) is 29.2. The molecule has 0 unspecified atom stereocenters. The molecule has 0 N–H and O–H groups in total. The number of nitro benzene ring substituents is 1. The number of rotatable bonds is 4. The summed E-state index contributed by atoms with van der Waals surface area (Å²) in [5.41, 5.74) is 3.56. The van der Waals surface area contributed by atoms with Gasteiger partial charge >= 0.3 is 5.97 Å². The van der Waals surface area contributed by atoms with Crippen LogP contribution >= 0.6 is 0 Å². The molecule has 8 heteroatoms. The van der Waals surface area contributed by atoms with Crippen LogP contribution in [0.1, 0.15) is 37.6 Å². The van der Waals surface area contributed by atoms with Gasteiger partial charge in [0.1, 0.15) is 12.2 Å². The van der Waals surface area contributed by atoms with Gasteiger partial charge in [-0.05, 0) is 48.8 Å². The molecular weight excluding hydrogens is 412 g/mol. The molecule has 0 bridgehead atoms. The van der Waals surface area contributed by atoms with Crippen molar-refractivity contribution in [3.05, 3.63) is 74.5 Å². The van der Waals surface area contributed by atoms with Crippen molar-refractivity contribution in [3.8, 4) is 0 Å². The average Bonchev–Trinajstić information content (AvgIpc) is 2.98. The topological polar surface area (TPSA) is 99.0 Å². The first-order chi connectivity index (χ1) is 15.1. The number of ether oxygens (including phenoxy) is 2. The molecule has 168 valence electrons. The largest absolute Gasteiger partial charge is 0.455 e. The number of methoxy groups -OCH3 is 1. The van der Waals surface area contributed by atoms with Gasteiger partial charge in [0.2, 0.25) is 0 Å². The number of carbonyl (C=O) groups is 2. The summed E-state index contributed by atoms with van der Waals surface area (Å²) in [6.07, 6.45) is 3.67. The van der Waals surface area contributed by atoms with Crippen LogP contribution < -0.4 is 0 Å². The third kappa shape index (κ3) is 3.26. The van der Waals surface area contributed by atoms with Crippen LogP contribution in [0.3, 0.4) is 0 Å². The average molecular weight is 438 g/mol. The minimum atomic E-state index is -0.558. The van der Waals surface area contributed by atoms with Crippen molar-refractivity contribution in [2.45, 2.75) is 39.4 Å². The van der Waals surface area contributed by atoms with Crippen LogP contribution in [-0.4, -0.2) is 48.1 Å². The summed E-state index contributed by atoms with van der Waals surface area (Å²) in [4.78, 5) is 37.4. The molecule has 1 amide bonds. The summed E-state index contributed by atoms with van der Waals surface area (Å²) < 4.78 is 11.6. The summed E-state index contributed by atoms with van der Waals surface area (Å²) >= 11 is 0. The summed E-state index contributed by atoms with van der Waals surface area (Å²) in [6.45, 7) is 6.01. The summed E-state index contributed by atoms with van der Waals surface area (Å²) in [5, 5.41) is 10.9. The predicted octanol–water partition coefficient (Wildman–Crippen LogP) is 3.79. The lowest BCUT2D eigenvalue weighted by Gasteiger charge is -2.48. The fourth-order valence-electron chi connectivity index (χ4n) is 4.94. The van der Waals surface area contributed by atoms with E-state index >= 15 is 0 Å². The first-order valence-corrected chi connectivity index (χ1v) is 10.5. The molecule has 32 heavy (non-hydrogen) atoms. The maximum absolute atomic E-state index is 12.8. The van der Waals surface area contributed by atoms with Crippen molar-refractivity contribution in [2.75, 3.05) is 14.2 Å². The van der Waals surface area contributed by atoms with E-state index < -0.39 is 23.1 Å². The first-order valence-electron chi connectivity index (χ1n) is 10.5. The van der Waals surface area contributed by atoms with Crippen molar-refractivity contribution in [1.82, 2.24) is 4.90 Å². The Morgan fingerprint density at radius 2 is 1.94 bits per heavy atom. The molecular formula is C24H26N2O6. The number of esters is 1. The summed E-state index contributed by atoms with van der Waals surface area (Å²) in [5.74, 6) is -0.655. The second-order valence-corrected chi connectivity index (χ2v) is 8.88. The Morgan fingerprint density at radius 1 is 1.28 bits per heavy atom. The molecule has 0 spiro atoms. The summed E-state index contributed by atoms with van der Waals surface area (Å²) in [7, 11) is 3.35. The Hall–Kier alpha value is -3.26. The van der Waals surface area contributed by atoms with E-state index in [1.165, 1.54) is 24.3 Å². The zero-order chi connectivity index (χ0) is 23.4. The second-order valence-electron chi connectivity index (χ2n) is 8.88. The van der Waals surface area contributed by atoms with E-state index in [9.17, 15) is 19.7 Å². The Bertz CT molecular complexity index is 1100. The number of allylic oxidation sites excluding steroid dienone is 3. The number of amides is 1. The van der Waals surface area contributed by atoms with E-state index in [1.54, 1.807) is 19.1 Å². The molecule has 0 aromatic heterocycles. The molecule has 0 saturated heterocycles. The number of hydrogen-bond acceptors (Lipinski definition) is 6. The minimum absolute atomic E-state index is 0.00573. The fourth-order valence-corrected chi connectivity index (χ4v) is 4.94. The molecule has 4 rings (SSSR count). The van der Waals surface area contributed by atoms with E-state index in [0.29, 0.717) is 6.42 Å². The van der Waals surface area contributed by atoms with Gasteiger partial charge in [-0.2, -0.15) is 0 Å². The van der Waals surface area contributed by atoms with Crippen molar-refractivity contribution < 1.29 is 24.0 Å². The van der Waals surface area contributed by atoms with Gasteiger partial charge in [0.05, 0.1) is 10.5 Å². The van der Waals surface area contributed by atoms with Gasteiger partial charge in [-0.1, -0.05) is 13.8 Å². The zero-order valence-corrected chi connectivity index (χ0v) is 18.7. The Balaban J connectivity index is 1.66. The lowest BCUT2D eigenvalue weighted by molar-refractivity contribution is -0.384. The molecule has 0 fully saturated rings. The van der Waals surface area contributed by atoms with Crippen LogP contribution in [0.15, 0.2) is 58.8 Å². The molecule has 1 aromatic rings. The second kappa shape index (κ2) is 7.70. The number of non-ortho nitro benzene ring substituents is 1. The maximum Gasteiger partial charge on any atom is 0.338 e. The lowest BCUT2D eigenvalue weighted by Crippen LogP contribution is -2.49. The van der Waals surface area contributed by atoms with Crippen LogP contribution in [0.25, 0.3) is 0 Å². The highest BCUT2D eigenvalue weighted by atomic mass is 16.6. The van der Waals surface area contributed by atoms with E-state index in [0.717, 1.165) is 22.4 Å². The van der Waals surface area contributed by atoms with Gasteiger partial charge < -0.3 is 14.4 Å². The highest BCUT2D eigenvalue weighted by Crippen LogP contribution is 2.54. The van der Waals surface area contributed by atoms with E-state index in [2.05, 4.69) is 6.92 Å². The number of benzene rings is 1. The Kier molecular flexibility index (Phi) is 5.29. The molecule has 3 aliphatic rings. The zero-order valence-electron chi connectivity index (χ0n) is 18.7. The molecule has 0 saturated carbocycles. The van der Waals surface area contributed by atoms with Gasteiger partial charge in [0.25, 0.3) is 11.6 Å². The van der Waals surface area contributed by atoms with Crippen molar-refractivity contribution in [3.63, 3.8) is 0 Å². The minimum Gasteiger partial charge on any atom is -0.455 e. The number of likely N-dealkylation sites (N-methyl/N-ethyl adjacent to an activating group) is 1. The van der Waals surface area contributed by atoms with Crippen molar-refractivity contribution in [2.24, 2.45) is 11.3 Å². The molecule has 0 radical (unpaired) electrons. The van der Waals surface area contributed by atoms with Crippen LogP contribution in [0, 0.1) is 21.4 Å². The number of nitro groups is 1. The lowest BCUT2D eigenvalue weighted by atomic mass is 9.59. The van der Waals surface area contributed by atoms with Crippen LogP contribution in [0.4, 0.5) is 5.69 Å². The highest BCUT2D eigenvalue weighted by Gasteiger charge is 2.51. The molecule has 4 atom stereocenters. The van der Waals surface area contributed by atoms with E-state index in [-0.39, 0.29) is 28.5 Å². The maximum atomic E-state index is 12.8. The Morgan fingerprint density at radius 3 is 2.53 bits per heavy atom. The van der Waals surface area contributed by atoms with Crippen molar-refractivity contribution >= 4 is 17.6 Å². The molecule has 8 nitrogen and oxygen atoms in total. The molecule has 2 aliphatic carbocycles. The summed E-state index contributed by atoms with van der Waals surface area (Å²) in [6, 6.07) is 5.35. The number of hydrogen-bond donors (Lipinski definition) is 0. The first kappa shape index (κ1) is 22.0. The van der Waals surface area contributed by atoms with E-state index in [4.69, 9.17) is 9.47 Å². The smallest absolute Gasteiger partial charge is 0.338 e. The quantitative estimate of drug-likeness (QED) is 0.403. The molecule has 1 aliphatic heterocycles. The van der Waals surface area contributed by atoms with Gasteiger partial charge in [-0.15, -0.1) is 0 Å². The highest BCUT2D eigenvalue weighted by molar-refractivity contribution is 6.00. The number of fused-ring (bicyclic) bond motifs is 2. The van der Waals surface area contributed by atoms with Gasteiger partial charge in [-0.25, -0.2) is 4.79 Å². The number of carbonyl (C=O) groups excluding carboxylic acids is 2.